The zero-order chi connectivity index (χ0) is 23.6. The van der Waals surface area contributed by atoms with Crippen molar-refractivity contribution in [3.8, 4) is 0 Å². The fraction of sp³-hybridized carbons (Fsp3) is 0.286. The van der Waals surface area contributed by atoms with E-state index in [2.05, 4.69) is 39.1 Å². The molecule has 1 aliphatic heterocycles. The van der Waals surface area contributed by atoms with Gasteiger partial charge in [0.1, 0.15) is 5.37 Å². The first-order valence-corrected chi connectivity index (χ1v) is 12.4. The van der Waals surface area contributed by atoms with Gasteiger partial charge in [0, 0.05) is 16.9 Å². The van der Waals surface area contributed by atoms with Gasteiger partial charge in [-0.15, -0.1) is 11.8 Å². The van der Waals surface area contributed by atoms with Crippen molar-refractivity contribution in [3.63, 3.8) is 0 Å². The number of thioether (sulfide) groups is 1. The van der Waals surface area contributed by atoms with Gasteiger partial charge in [-0.1, -0.05) is 70.2 Å². The molecule has 1 fully saturated rings. The lowest BCUT2D eigenvalue weighted by Crippen LogP contribution is -2.28. The van der Waals surface area contributed by atoms with E-state index >= 15 is 0 Å². The molecule has 33 heavy (non-hydrogen) atoms. The van der Waals surface area contributed by atoms with Crippen LogP contribution < -0.4 is 10.2 Å². The predicted octanol–water partition coefficient (Wildman–Crippen LogP) is 6.58. The predicted molar refractivity (Wildman–Crippen MR) is 138 cm³/mol. The monoisotopic (exact) mass is 458 g/mol. The van der Waals surface area contributed by atoms with Gasteiger partial charge in [-0.05, 0) is 58.9 Å². The Morgan fingerprint density at radius 2 is 1.67 bits per heavy atom. The molecule has 1 saturated heterocycles. The Labute approximate surface area is 200 Å². The van der Waals surface area contributed by atoms with Crippen molar-refractivity contribution >= 4 is 35.0 Å². The third-order valence-electron chi connectivity index (χ3n) is 5.97. The zero-order valence-corrected chi connectivity index (χ0v) is 20.4. The third kappa shape index (κ3) is 4.98. The number of rotatable bonds is 5. The summed E-state index contributed by atoms with van der Waals surface area (Å²) in [5.41, 5.74) is 5.81. The lowest BCUT2D eigenvalue weighted by Gasteiger charge is -2.26. The fourth-order valence-electron chi connectivity index (χ4n) is 4.03. The Kier molecular flexibility index (Phi) is 6.61. The summed E-state index contributed by atoms with van der Waals surface area (Å²) in [6.07, 6.45) is 0.874. The van der Waals surface area contributed by atoms with E-state index in [-0.39, 0.29) is 22.6 Å². The van der Waals surface area contributed by atoms with Gasteiger partial charge in [-0.2, -0.15) is 0 Å². The summed E-state index contributed by atoms with van der Waals surface area (Å²) in [5, 5.41) is 2.91. The second-order valence-corrected chi connectivity index (χ2v) is 10.4. The summed E-state index contributed by atoms with van der Waals surface area (Å²) in [5.74, 6) is 0.459. The van der Waals surface area contributed by atoms with E-state index in [9.17, 15) is 9.59 Å². The zero-order valence-electron chi connectivity index (χ0n) is 19.6. The van der Waals surface area contributed by atoms with Crippen LogP contribution >= 0.6 is 11.8 Å². The van der Waals surface area contributed by atoms with Gasteiger partial charge in [0.05, 0.1) is 5.75 Å². The highest BCUT2D eigenvalue weighted by molar-refractivity contribution is 8.00. The molecule has 4 rings (SSSR count). The molecule has 0 aromatic heterocycles. The Morgan fingerprint density at radius 3 is 2.30 bits per heavy atom. The number of carbonyl (C=O) groups excluding carboxylic acids is 2. The molecule has 2 amide bonds. The highest BCUT2D eigenvalue weighted by Gasteiger charge is 2.34. The van der Waals surface area contributed by atoms with Crippen LogP contribution in [0.25, 0.3) is 0 Å². The molecule has 0 unspecified atom stereocenters. The molecule has 0 bridgehead atoms. The van der Waals surface area contributed by atoms with E-state index in [1.165, 1.54) is 11.1 Å². The summed E-state index contributed by atoms with van der Waals surface area (Å²) in [6.45, 7) is 8.57. The molecule has 3 aromatic carbocycles. The second kappa shape index (κ2) is 9.44. The van der Waals surface area contributed by atoms with E-state index in [0.29, 0.717) is 11.3 Å². The van der Waals surface area contributed by atoms with Crippen LogP contribution in [0.4, 0.5) is 11.4 Å². The molecule has 5 heteroatoms. The lowest BCUT2D eigenvalue weighted by molar-refractivity contribution is -0.115. The van der Waals surface area contributed by atoms with E-state index in [0.717, 1.165) is 23.4 Å². The number of nitrogens with one attached hydrogen (secondary N) is 1. The van der Waals surface area contributed by atoms with Gasteiger partial charge in [-0.3, -0.25) is 14.5 Å². The van der Waals surface area contributed by atoms with Crippen molar-refractivity contribution in [2.75, 3.05) is 16.0 Å². The first kappa shape index (κ1) is 23.1. The molecule has 1 N–H and O–H groups in total. The quantitative estimate of drug-likeness (QED) is 0.470. The summed E-state index contributed by atoms with van der Waals surface area (Å²) in [6, 6.07) is 23.7. The molecule has 0 spiro atoms. The molecule has 1 atom stereocenters. The van der Waals surface area contributed by atoms with Gasteiger partial charge in [0.25, 0.3) is 5.91 Å². The SMILES string of the molecule is CCc1ccccc1N1C(=O)CS[C@H]1c1ccc(NC(=O)c2ccc(C(C)(C)C)cc2)cc1. The van der Waals surface area contributed by atoms with Crippen LogP contribution in [-0.2, 0) is 16.6 Å². The van der Waals surface area contributed by atoms with Crippen LogP contribution in [0.2, 0.25) is 0 Å². The normalized spacial score (nSPS) is 16.2. The van der Waals surface area contributed by atoms with Gasteiger partial charge >= 0.3 is 0 Å². The van der Waals surface area contributed by atoms with E-state index in [1.807, 2.05) is 71.6 Å². The first-order chi connectivity index (χ1) is 15.8. The molecular weight excluding hydrogens is 428 g/mol. The Bertz CT molecular complexity index is 1150. The maximum Gasteiger partial charge on any atom is 0.255 e. The van der Waals surface area contributed by atoms with Crippen molar-refractivity contribution < 1.29 is 9.59 Å². The number of anilines is 2. The number of aryl methyl sites for hydroxylation is 1. The average Bonchev–Trinajstić information content (AvgIpc) is 3.20. The lowest BCUT2D eigenvalue weighted by atomic mass is 9.87. The van der Waals surface area contributed by atoms with Crippen molar-refractivity contribution in [1.29, 1.82) is 0 Å². The Balaban J connectivity index is 1.50. The molecule has 0 radical (unpaired) electrons. The second-order valence-electron chi connectivity index (χ2n) is 9.31. The van der Waals surface area contributed by atoms with Crippen LogP contribution in [0.5, 0.6) is 0 Å². The first-order valence-electron chi connectivity index (χ1n) is 11.3. The minimum Gasteiger partial charge on any atom is -0.322 e. The van der Waals surface area contributed by atoms with Crippen molar-refractivity contribution in [1.82, 2.24) is 0 Å². The molecule has 0 saturated carbocycles. The molecule has 4 nitrogen and oxygen atoms in total. The standard InChI is InChI=1S/C28H30N2O2S/c1-5-19-8-6-7-9-24(19)30-25(31)18-33-27(30)21-12-16-23(17-13-21)29-26(32)20-10-14-22(15-11-20)28(2,3)4/h6-17,27H,5,18H2,1-4H3,(H,29,32)/t27-/m0/s1. The number of carbonyl (C=O) groups is 2. The van der Waals surface area contributed by atoms with E-state index in [1.54, 1.807) is 11.8 Å². The summed E-state index contributed by atoms with van der Waals surface area (Å²) in [4.78, 5) is 27.3. The largest absolute Gasteiger partial charge is 0.322 e. The summed E-state index contributed by atoms with van der Waals surface area (Å²) < 4.78 is 0. The van der Waals surface area contributed by atoms with Crippen molar-refractivity contribution in [2.45, 2.75) is 44.9 Å². The molecule has 3 aromatic rings. The smallest absolute Gasteiger partial charge is 0.255 e. The number of hydrogen-bond acceptors (Lipinski definition) is 3. The van der Waals surface area contributed by atoms with E-state index < -0.39 is 0 Å². The highest BCUT2D eigenvalue weighted by Crippen LogP contribution is 2.43. The van der Waals surface area contributed by atoms with Crippen LogP contribution in [0, 0.1) is 0 Å². The maximum absolute atomic E-state index is 12.7. The summed E-state index contributed by atoms with van der Waals surface area (Å²) >= 11 is 1.63. The van der Waals surface area contributed by atoms with Crippen LogP contribution in [0.3, 0.4) is 0 Å². The number of nitrogens with zero attached hydrogens (tertiary/aromatic N) is 1. The number of benzene rings is 3. The van der Waals surface area contributed by atoms with Gasteiger partial charge in [0.2, 0.25) is 5.91 Å². The van der Waals surface area contributed by atoms with Crippen molar-refractivity contribution in [3.05, 3.63) is 95.1 Å². The fourth-order valence-corrected chi connectivity index (χ4v) is 5.20. The van der Waals surface area contributed by atoms with Crippen molar-refractivity contribution in [2.24, 2.45) is 0 Å². The Morgan fingerprint density at radius 1 is 1.00 bits per heavy atom. The molecule has 170 valence electrons. The summed E-state index contributed by atoms with van der Waals surface area (Å²) in [7, 11) is 0. The van der Waals surface area contributed by atoms with Crippen LogP contribution in [0.15, 0.2) is 72.8 Å². The topological polar surface area (TPSA) is 49.4 Å². The minimum absolute atomic E-state index is 0.0516. The molecule has 1 aliphatic rings. The van der Waals surface area contributed by atoms with Gasteiger partial charge in [0.15, 0.2) is 0 Å². The minimum atomic E-state index is -0.132. The van der Waals surface area contributed by atoms with Gasteiger partial charge < -0.3 is 5.32 Å². The number of hydrogen-bond donors (Lipinski definition) is 1. The number of para-hydroxylation sites is 1. The average molecular weight is 459 g/mol. The highest BCUT2D eigenvalue weighted by atomic mass is 32.2. The molecule has 0 aliphatic carbocycles. The Hall–Kier alpha value is -3.05. The third-order valence-corrected chi connectivity index (χ3v) is 7.18. The maximum atomic E-state index is 12.7. The molecule has 1 heterocycles. The van der Waals surface area contributed by atoms with E-state index in [4.69, 9.17) is 0 Å². The van der Waals surface area contributed by atoms with Crippen LogP contribution in [0.1, 0.15) is 60.1 Å². The molecular formula is C28H30N2O2S. The van der Waals surface area contributed by atoms with Crippen LogP contribution in [-0.4, -0.2) is 17.6 Å². The van der Waals surface area contributed by atoms with Gasteiger partial charge in [-0.25, -0.2) is 0 Å². The number of amides is 2.